The molecule has 3 rings (SSSR count). The van der Waals surface area contributed by atoms with Crippen molar-refractivity contribution in [2.75, 3.05) is 0 Å². The highest BCUT2D eigenvalue weighted by molar-refractivity contribution is 9.08. The lowest BCUT2D eigenvalue weighted by molar-refractivity contribution is -0.137. The Balaban J connectivity index is 2.17. The van der Waals surface area contributed by atoms with Crippen LogP contribution in [0, 0.1) is 0 Å². The van der Waals surface area contributed by atoms with Crippen LogP contribution in [0.1, 0.15) is 11.4 Å². The smallest absolute Gasteiger partial charge is 0.252 e. The van der Waals surface area contributed by atoms with Crippen molar-refractivity contribution >= 4 is 33.3 Å². The van der Waals surface area contributed by atoms with Crippen molar-refractivity contribution in [1.82, 2.24) is 24.6 Å². The highest BCUT2D eigenvalue weighted by Crippen LogP contribution is 2.33. The zero-order chi connectivity index (χ0) is 15.9. The molecule has 0 amide bonds. The van der Waals surface area contributed by atoms with Gasteiger partial charge < -0.3 is 0 Å². The summed E-state index contributed by atoms with van der Waals surface area (Å²) in [6.45, 7) is 0. The van der Waals surface area contributed by atoms with Crippen molar-refractivity contribution in [3.8, 4) is 11.4 Å². The van der Waals surface area contributed by atoms with Crippen molar-refractivity contribution in [2.24, 2.45) is 0 Å². The number of hydrogen-bond acceptors (Lipinski definition) is 4. The quantitative estimate of drug-likeness (QED) is 0.623. The first-order valence-electron chi connectivity index (χ1n) is 5.90. The van der Waals surface area contributed by atoms with Gasteiger partial charge in [-0.15, -0.1) is 5.10 Å². The van der Waals surface area contributed by atoms with E-state index < -0.39 is 11.7 Å². The number of halogens is 5. The first-order valence-corrected chi connectivity index (χ1v) is 7.40. The zero-order valence-corrected chi connectivity index (χ0v) is 13.0. The summed E-state index contributed by atoms with van der Waals surface area (Å²) in [6.07, 6.45) is -2.30. The average Bonchev–Trinajstić information content (AvgIpc) is 2.89. The van der Waals surface area contributed by atoms with E-state index in [1.54, 1.807) is 6.07 Å². The van der Waals surface area contributed by atoms with E-state index in [2.05, 4.69) is 36.0 Å². The molecular formula is C12H6BrClF3N5. The maximum atomic E-state index is 12.7. The van der Waals surface area contributed by atoms with Crippen molar-refractivity contribution in [3.63, 3.8) is 0 Å². The number of rotatable bonds is 2. The summed E-state index contributed by atoms with van der Waals surface area (Å²) >= 11 is 9.19. The van der Waals surface area contributed by atoms with Gasteiger partial charge in [-0.2, -0.15) is 22.7 Å². The van der Waals surface area contributed by atoms with E-state index in [1.165, 1.54) is 10.7 Å². The van der Waals surface area contributed by atoms with Gasteiger partial charge in [0, 0.05) is 12.4 Å². The van der Waals surface area contributed by atoms with Gasteiger partial charge in [0.15, 0.2) is 5.82 Å². The molecule has 0 aliphatic carbocycles. The van der Waals surface area contributed by atoms with E-state index in [0.29, 0.717) is 22.6 Å². The monoisotopic (exact) mass is 391 g/mol. The summed E-state index contributed by atoms with van der Waals surface area (Å²) in [7, 11) is 0. The Kier molecular flexibility index (Phi) is 3.77. The van der Waals surface area contributed by atoms with Crippen LogP contribution in [0.15, 0.2) is 24.5 Å². The fourth-order valence-electron chi connectivity index (χ4n) is 1.85. The normalized spacial score (nSPS) is 12.0. The van der Waals surface area contributed by atoms with Crippen LogP contribution in [0.25, 0.3) is 17.2 Å². The highest BCUT2D eigenvalue weighted by Gasteiger charge is 2.31. The molecular weight excluding hydrogens is 387 g/mol. The molecule has 0 saturated heterocycles. The van der Waals surface area contributed by atoms with E-state index in [1.807, 2.05) is 0 Å². The minimum absolute atomic E-state index is 0.127. The van der Waals surface area contributed by atoms with Crippen molar-refractivity contribution in [1.29, 1.82) is 0 Å². The van der Waals surface area contributed by atoms with Crippen LogP contribution in [0.3, 0.4) is 0 Å². The van der Waals surface area contributed by atoms with Crippen LogP contribution < -0.4 is 0 Å². The van der Waals surface area contributed by atoms with Gasteiger partial charge in [0.25, 0.3) is 5.78 Å². The van der Waals surface area contributed by atoms with Crippen LogP contribution in [0.2, 0.25) is 5.02 Å². The molecule has 3 heterocycles. The number of alkyl halides is 4. The Bertz CT molecular complexity index is 848. The molecule has 5 nitrogen and oxygen atoms in total. The Labute approximate surface area is 135 Å². The summed E-state index contributed by atoms with van der Waals surface area (Å²) < 4.78 is 39.4. The predicted molar refractivity (Wildman–Crippen MR) is 76.7 cm³/mol. The topological polar surface area (TPSA) is 56.0 Å². The molecule has 3 aromatic rings. The van der Waals surface area contributed by atoms with Crippen LogP contribution in [-0.4, -0.2) is 24.6 Å². The lowest BCUT2D eigenvalue weighted by Gasteiger charge is -2.09. The second-order valence-electron chi connectivity index (χ2n) is 4.26. The number of fused-ring (bicyclic) bond motifs is 1. The SMILES string of the molecule is FC(F)(F)c1cnc(-c2ccnc3nc(CBr)nn23)c(Cl)c1. The largest absolute Gasteiger partial charge is 0.417 e. The average molecular weight is 393 g/mol. The second kappa shape index (κ2) is 5.47. The molecule has 22 heavy (non-hydrogen) atoms. The van der Waals surface area contributed by atoms with E-state index in [-0.39, 0.29) is 10.7 Å². The molecule has 0 aliphatic rings. The molecule has 0 fully saturated rings. The lowest BCUT2D eigenvalue weighted by atomic mass is 10.2. The minimum Gasteiger partial charge on any atom is -0.252 e. The maximum Gasteiger partial charge on any atom is 0.417 e. The number of pyridine rings is 1. The molecule has 0 N–H and O–H groups in total. The van der Waals surface area contributed by atoms with E-state index >= 15 is 0 Å². The third-order valence-electron chi connectivity index (χ3n) is 2.82. The number of nitrogens with zero attached hydrogens (tertiary/aromatic N) is 5. The molecule has 3 aromatic heterocycles. The van der Waals surface area contributed by atoms with Crippen molar-refractivity contribution in [2.45, 2.75) is 11.5 Å². The molecule has 0 bridgehead atoms. The zero-order valence-electron chi connectivity index (χ0n) is 10.6. The van der Waals surface area contributed by atoms with Gasteiger partial charge in [0.2, 0.25) is 0 Å². The Morgan fingerprint density at radius 3 is 2.68 bits per heavy atom. The van der Waals surface area contributed by atoms with Gasteiger partial charge in [0.1, 0.15) is 5.69 Å². The van der Waals surface area contributed by atoms with Crippen molar-refractivity contribution in [3.05, 3.63) is 40.9 Å². The van der Waals surface area contributed by atoms with Gasteiger partial charge in [-0.3, -0.25) is 4.98 Å². The van der Waals surface area contributed by atoms with E-state index in [9.17, 15) is 13.2 Å². The second-order valence-corrected chi connectivity index (χ2v) is 5.22. The van der Waals surface area contributed by atoms with Crippen LogP contribution in [0.4, 0.5) is 13.2 Å². The Hall–Kier alpha value is -1.74. The summed E-state index contributed by atoms with van der Waals surface area (Å²) in [5.41, 5.74) is -0.331. The molecule has 0 atom stereocenters. The summed E-state index contributed by atoms with van der Waals surface area (Å²) in [5, 5.41) is 4.49. The molecule has 0 aromatic carbocycles. The summed E-state index contributed by atoms with van der Waals surface area (Å²) in [4.78, 5) is 12.0. The molecule has 0 unspecified atom stereocenters. The predicted octanol–water partition coefficient (Wildman–Crippen LogP) is 3.75. The van der Waals surface area contributed by atoms with E-state index in [0.717, 1.165) is 12.3 Å². The maximum absolute atomic E-state index is 12.7. The van der Waals surface area contributed by atoms with E-state index in [4.69, 9.17) is 11.6 Å². The third kappa shape index (κ3) is 2.66. The molecule has 0 saturated carbocycles. The molecule has 10 heteroatoms. The summed E-state index contributed by atoms with van der Waals surface area (Å²) in [6, 6.07) is 2.39. The minimum atomic E-state index is -4.50. The standard InChI is InChI=1S/C12H6BrClF3N5/c13-4-9-20-11-18-2-1-8(22(11)21-9)10-7(14)3-6(5-19-10)12(15,16)17/h1-3,5H,4H2. The lowest BCUT2D eigenvalue weighted by Crippen LogP contribution is -2.06. The fraction of sp³-hybridized carbons (Fsp3) is 0.167. The third-order valence-corrected chi connectivity index (χ3v) is 3.60. The first kappa shape index (κ1) is 15.2. The number of aromatic nitrogens is 5. The van der Waals surface area contributed by atoms with Gasteiger partial charge >= 0.3 is 6.18 Å². The van der Waals surface area contributed by atoms with Crippen molar-refractivity contribution < 1.29 is 13.2 Å². The fourth-order valence-corrected chi connectivity index (χ4v) is 2.35. The van der Waals surface area contributed by atoms with Crippen LogP contribution in [-0.2, 0) is 11.5 Å². The van der Waals surface area contributed by atoms with Gasteiger partial charge in [-0.25, -0.2) is 4.98 Å². The Morgan fingerprint density at radius 1 is 1.27 bits per heavy atom. The molecule has 0 aliphatic heterocycles. The van der Waals surface area contributed by atoms with Gasteiger partial charge in [-0.1, -0.05) is 27.5 Å². The highest BCUT2D eigenvalue weighted by atomic mass is 79.9. The first-order chi connectivity index (χ1) is 10.4. The molecule has 0 spiro atoms. The molecule has 0 radical (unpaired) electrons. The molecule has 114 valence electrons. The van der Waals surface area contributed by atoms with Gasteiger partial charge in [0.05, 0.1) is 21.6 Å². The van der Waals surface area contributed by atoms with Gasteiger partial charge in [-0.05, 0) is 12.1 Å². The number of hydrogen-bond donors (Lipinski definition) is 0. The summed E-state index contributed by atoms with van der Waals surface area (Å²) in [5.74, 6) is 0.799. The van der Waals surface area contributed by atoms with Crippen LogP contribution >= 0.6 is 27.5 Å². The van der Waals surface area contributed by atoms with Crippen LogP contribution in [0.5, 0.6) is 0 Å². The Morgan fingerprint density at radius 2 is 2.05 bits per heavy atom.